The Morgan fingerprint density at radius 1 is 1.08 bits per heavy atom. The van der Waals surface area contributed by atoms with E-state index >= 15 is 0 Å². The quantitative estimate of drug-likeness (QED) is 0.661. The molecule has 0 aromatic heterocycles. The van der Waals surface area contributed by atoms with Gasteiger partial charge in [0.25, 0.3) is 0 Å². The third-order valence-electron chi connectivity index (χ3n) is 4.32. The first kappa shape index (κ1) is 15.3. The fourth-order valence-electron chi connectivity index (χ4n) is 2.98. The maximum atomic E-state index is 9.41. The normalized spacial score (nSPS) is 21.4. The van der Waals surface area contributed by atoms with Crippen LogP contribution in [0.15, 0.2) is 47.6 Å². The summed E-state index contributed by atoms with van der Waals surface area (Å²) in [5, 5.41) is 16.6. The largest absolute Gasteiger partial charge is 0.484 e. The number of benzene rings is 2. The highest BCUT2D eigenvalue weighted by atomic mass is 35.5. The van der Waals surface area contributed by atoms with Crippen LogP contribution in [-0.2, 0) is 6.42 Å². The monoisotopic (exact) mass is 344 g/mol. The predicted molar refractivity (Wildman–Crippen MR) is 91.6 cm³/mol. The summed E-state index contributed by atoms with van der Waals surface area (Å²) in [6.07, 6.45) is 0.427. The standard InChI is InChI=1S/C18H17ClN2O3/c19-12-5-6-15(16(8-12)23-13-9-20-10-13)24-17-7-11-3-1-2-4-14(11)18(17)21-22/h1-6,8,13,17,20,22H,7,9-10H2. The van der Waals surface area contributed by atoms with Crippen LogP contribution in [0.3, 0.4) is 0 Å². The second-order valence-electron chi connectivity index (χ2n) is 5.94. The number of halogens is 1. The van der Waals surface area contributed by atoms with E-state index in [-0.39, 0.29) is 12.2 Å². The summed E-state index contributed by atoms with van der Waals surface area (Å²) in [6, 6.07) is 13.2. The minimum absolute atomic E-state index is 0.123. The molecule has 1 aliphatic heterocycles. The number of hydrogen-bond donors (Lipinski definition) is 2. The van der Waals surface area contributed by atoms with E-state index in [9.17, 15) is 5.21 Å². The second kappa shape index (κ2) is 6.34. The highest BCUT2D eigenvalue weighted by Crippen LogP contribution is 2.35. The van der Waals surface area contributed by atoms with E-state index in [1.807, 2.05) is 24.3 Å². The topological polar surface area (TPSA) is 63.1 Å². The Kier molecular flexibility index (Phi) is 4.04. The Bertz CT molecular complexity index is 790. The molecule has 0 bridgehead atoms. The van der Waals surface area contributed by atoms with E-state index < -0.39 is 0 Å². The third kappa shape index (κ3) is 2.81. The fourth-order valence-corrected chi connectivity index (χ4v) is 3.15. The molecule has 0 saturated carbocycles. The summed E-state index contributed by atoms with van der Waals surface area (Å²) in [4.78, 5) is 0. The molecular formula is C18H17ClN2O3. The van der Waals surface area contributed by atoms with Gasteiger partial charge in [0.2, 0.25) is 0 Å². The average Bonchev–Trinajstić information content (AvgIpc) is 2.90. The van der Waals surface area contributed by atoms with Crippen LogP contribution in [0.25, 0.3) is 0 Å². The molecule has 124 valence electrons. The van der Waals surface area contributed by atoms with E-state index in [4.69, 9.17) is 21.1 Å². The number of nitrogens with one attached hydrogen (secondary N) is 1. The van der Waals surface area contributed by atoms with E-state index in [2.05, 4.69) is 10.5 Å². The molecule has 24 heavy (non-hydrogen) atoms. The summed E-state index contributed by atoms with van der Waals surface area (Å²) in [7, 11) is 0. The minimum atomic E-state index is -0.351. The molecule has 0 radical (unpaired) electrons. The van der Waals surface area contributed by atoms with Gasteiger partial charge in [-0.2, -0.15) is 0 Å². The van der Waals surface area contributed by atoms with Crippen molar-refractivity contribution in [2.24, 2.45) is 5.16 Å². The lowest BCUT2D eigenvalue weighted by molar-refractivity contribution is 0.133. The van der Waals surface area contributed by atoms with Crippen molar-refractivity contribution in [1.29, 1.82) is 0 Å². The molecule has 5 nitrogen and oxygen atoms in total. The van der Waals surface area contributed by atoms with Crippen LogP contribution in [-0.4, -0.2) is 36.2 Å². The van der Waals surface area contributed by atoms with Crippen molar-refractivity contribution >= 4 is 17.3 Å². The Labute approximate surface area is 144 Å². The van der Waals surface area contributed by atoms with Gasteiger partial charge in [-0.3, -0.25) is 0 Å². The number of oxime groups is 1. The lowest BCUT2D eigenvalue weighted by atomic mass is 10.1. The fraction of sp³-hybridized carbons (Fsp3) is 0.278. The zero-order valence-electron chi connectivity index (χ0n) is 12.9. The number of rotatable bonds is 4. The van der Waals surface area contributed by atoms with E-state index in [0.29, 0.717) is 28.7 Å². The highest BCUT2D eigenvalue weighted by Gasteiger charge is 2.31. The molecule has 2 aromatic rings. The number of fused-ring (bicyclic) bond motifs is 1. The van der Waals surface area contributed by atoms with Crippen molar-refractivity contribution in [2.75, 3.05) is 13.1 Å². The summed E-state index contributed by atoms with van der Waals surface area (Å²) < 4.78 is 12.1. The maximum absolute atomic E-state index is 9.41. The van der Waals surface area contributed by atoms with Gasteiger partial charge in [-0.25, -0.2) is 0 Å². The van der Waals surface area contributed by atoms with Crippen LogP contribution in [0.2, 0.25) is 5.02 Å². The molecule has 2 N–H and O–H groups in total. The molecule has 1 fully saturated rings. The SMILES string of the molecule is ON=C1c2ccccc2CC1Oc1ccc(Cl)cc1OC1CNC1. The molecule has 1 heterocycles. The first-order chi connectivity index (χ1) is 11.7. The second-order valence-corrected chi connectivity index (χ2v) is 6.38. The van der Waals surface area contributed by atoms with Crippen LogP contribution in [0.1, 0.15) is 11.1 Å². The molecular weight excluding hydrogens is 328 g/mol. The van der Waals surface area contributed by atoms with Crippen molar-refractivity contribution in [1.82, 2.24) is 5.32 Å². The van der Waals surface area contributed by atoms with E-state index in [1.165, 1.54) is 0 Å². The van der Waals surface area contributed by atoms with Crippen LogP contribution in [0.4, 0.5) is 0 Å². The van der Waals surface area contributed by atoms with Crippen molar-refractivity contribution in [3.63, 3.8) is 0 Å². The van der Waals surface area contributed by atoms with Gasteiger partial charge in [-0.1, -0.05) is 41.0 Å². The molecule has 1 unspecified atom stereocenters. The molecule has 0 amide bonds. The molecule has 1 atom stereocenters. The van der Waals surface area contributed by atoms with E-state index in [0.717, 1.165) is 24.2 Å². The minimum Gasteiger partial charge on any atom is -0.484 e. The van der Waals surface area contributed by atoms with Crippen LogP contribution in [0, 0.1) is 0 Å². The molecule has 1 aliphatic carbocycles. The van der Waals surface area contributed by atoms with E-state index in [1.54, 1.807) is 18.2 Å². The van der Waals surface area contributed by atoms with Gasteiger partial charge in [-0.05, 0) is 17.7 Å². The van der Waals surface area contributed by atoms with Gasteiger partial charge in [0.05, 0.1) is 0 Å². The zero-order valence-corrected chi connectivity index (χ0v) is 13.7. The van der Waals surface area contributed by atoms with Gasteiger partial charge in [0, 0.05) is 36.2 Å². The molecule has 0 spiro atoms. The zero-order chi connectivity index (χ0) is 16.5. The lowest BCUT2D eigenvalue weighted by Gasteiger charge is -2.29. The predicted octanol–water partition coefficient (Wildman–Crippen LogP) is 2.87. The van der Waals surface area contributed by atoms with Gasteiger partial charge >= 0.3 is 0 Å². The lowest BCUT2D eigenvalue weighted by Crippen LogP contribution is -2.50. The Morgan fingerprint density at radius 3 is 2.67 bits per heavy atom. The Morgan fingerprint density at radius 2 is 1.92 bits per heavy atom. The van der Waals surface area contributed by atoms with Crippen LogP contribution < -0.4 is 14.8 Å². The third-order valence-corrected chi connectivity index (χ3v) is 4.56. The van der Waals surface area contributed by atoms with Crippen LogP contribution >= 0.6 is 11.6 Å². The first-order valence-corrected chi connectivity index (χ1v) is 8.26. The van der Waals surface area contributed by atoms with Crippen molar-refractivity contribution in [3.8, 4) is 11.5 Å². The summed E-state index contributed by atoms with van der Waals surface area (Å²) >= 11 is 6.09. The number of nitrogens with zero attached hydrogens (tertiary/aromatic N) is 1. The molecule has 6 heteroatoms. The first-order valence-electron chi connectivity index (χ1n) is 7.88. The van der Waals surface area contributed by atoms with Crippen molar-refractivity contribution in [3.05, 3.63) is 58.6 Å². The van der Waals surface area contributed by atoms with Gasteiger partial charge in [0.15, 0.2) is 11.5 Å². The Hall–Kier alpha value is -2.24. The summed E-state index contributed by atoms with van der Waals surface area (Å²) in [5.41, 5.74) is 2.57. The number of hydrogen-bond acceptors (Lipinski definition) is 5. The summed E-state index contributed by atoms with van der Waals surface area (Å²) in [5.74, 6) is 1.22. The molecule has 1 saturated heterocycles. The maximum Gasteiger partial charge on any atom is 0.163 e. The van der Waals surface area contributed by atoms with Crippen LogP contribution in [0.5, 0.6) is 11.5 Å². The van der Waals surface area contributed by atoms with Crippen molar-refractivity contribution in [2.45, 2.75) is 18.6 Å². The average molecular weight is 345 g/mol. The van der Waals surface area contributed by atoms with Gasteiger partial charge in [-0.15, -0.1) is 0 Å². The molecule has 4 rings (SSSR count). The van der Waals surface area contributed by atoms with Gasteiger partial charge in [0.1, 0.15) is 17.9 Å². The molecule has 2 aliphatic rings. The smallest absolute Gasteiger partial charge is 0.163 e. The summed E-state index contributed by atoms with van der Waals surface area (Å²) in [6.45, 7) is 1.62. The Balaban J connectivity index is 1.59. The highest BCUT2D eigenvalue weighted by molar-refractivity contribution is 6.30. The molecule has 2 aromatic carbocycles. The van der Waals surface area contributed by atoms with Gasteiger partial charge < -0.3 is 20.0 Å². The van der Waals surface area contributed by atoms with Crippen molar-refractivity contribution < 1.29 is 14.7 Å². The number of ether oxygens (including phenoxy) is 2.